The van der Waals surface area contributed by atoms with Gasteiger partial charge in [-0.2, -0.15) is 22.3 Å². The fourth-order valence-electron chi connectivity index (χ4n) is 6.86. The van der Waals surface area contributed by atoms with E-state index in [0.717, 1.165) is 33.9 Å². The zero-order valence-corrected chi connectivity index (χ0v) is 33.2. The molecule has 0 aliphatic carbocycles. The molecule has 8 heteroatoms. The van der Waals surface area contributed by atoms with Crippen molar-refractivity contribution in [2.24, 2.45) is 0 Å². The van der Waals surface area contributed by atoms with Crippen LogP contribution in [0.1, 0.15) is 55.6 Å². The molecule has 0 radical (unpaired) electrons. The molecule has 4 rings (SSSR count). The van der Waals surface area contributed by atoms with Gasteiger partial charge < -0.3 is 51.4 Å². The third-order valence-corrected chi connectivity index (χ3v) is 14.8. The topological polar surface area (TPSA) is 27.7 Å². The van der Waals surface area contributed by atoms with E-state index in [-0.39, 0.29) is 58.9 Å². The second kappa shape index (κ2) is 16.2. The second-order valence-electron chi connectivity index (χ2n) is 11.5. The Labute approximate surface area is 300 Å². The SMILES string of the molecule is COc1cc(C)c([Si](c2cc(C)c(OC)cc2C)(c2cc(C)c(OC)cc2C)[c-]2c(C)c(C)c(C)c2C)cc1C.[Cl-].[Cl-].[Cl-].[Ti+4]. The van der Waals surface area contributed by atoms with E-state index < -0.39 is 8.07 Å². The number of rotatable bonds is 7. The van der Waals surface area contributed by atoms with Gasteiger partial charge in [-0.15, -0.1) is 5.19 Å². The fraction of sp³-hybridized carbons (Fsp3) is 0.361. The van der Waals surface area contributed by atoms with Crippen molar-refractivity contribution < 1.29 is 73.1 Å². The van der Waals surface area contributed by atoms with E-state index in [0.29, 0.717) is 0 Å². The average Bonchev–Trinajstić information content (AvgIpc) is 3.11. The van der Waals surface area contributed by atoms with E-state index in [1.807, 2.05) is 0 Å². The predicted molar refractivity (Wildman–Crippen MR) is 173 cm³/mol. The van der Waals surface area contributed by atoms with Crippen LogP contribution in [0, 0.1) is 69.2 Å². The number of benzene rings is 3. The van der Waals surface area contributed by atoms with Gasteiger partial charge in [0.1, 0.15) is 25.3 Å². The summed E-state index contributed by atoms with van der Waals surface area (Å²) < 4.78 is 17.4. The maximum Gasteiger partial charge on any atom is 4.00 e. The number of hydrogen-bond acceptors (Lipinski definition) is 3. The van der Waals surface area contributed by atoms with Crippen molar-refractivity contribution in [2.45, 2.75) is 69.2 Å². The van der Waals surface area contributed by atoms with Gasteiger partial charge in [0.25, 0.3) is 0 Å². The summed E-state index contributed by atoms with van der Waals surface area (Å²) in [6.07, 6.45) is 0. The fourth-order valence-corrected chi connectivity index (χ4v) is 13.3. The Hall–Kier alpha value is -1.79. The van der Waals surface area contributed by atoms with Crippen molar-refractivity contribution in [3.63, 3.8) is 0 Å². The summed E-state index contributed by atoms with van der Waals surface area (Å²) in [4.78, 5) is 0. The Kier molecular flexibility index (Phi) is 15.5. The number of ether oxygens (including phenoxy) is 3. The first-order chi connectivity index (χ1) is 18.8. The molecular formula is C36H45Cl3O3SiTi. The van der Waals surface area contributed by atoms with Crippen molar-refractivity contribution in [1.29, 1.82) is 0 Å². The summed E-state index contributed by atoms with van der Waals surface area (Å²) in [6.45, 7) is 22.5. The van der Waals surface area contributed by atoms with Gasteiger partial charge in [0, 0.05) is 0 Å². The Morgan fingerprint density at radius 2 is 0.682 bits per heavy atom. The molecule has 0 heterocycles. The van der Waals surface area contributed by atoms with Crippen LogP contribution in [0.25, 0.3) is 0 Å². The summed E-state index contributed by atoms with van der Waals surface area (Å²) >= 11 is 0. The molecule has 236 valence electrons. The first kappa shape index (κ1) is 42.2. The summed E-state index contributed by atoms with van der Waals surface area (Å²) in [6, 6.07) is 13.9. The van der Waals surface area contributed by atoms with Gasteiger partial charge >= 0.3 is 21.7 Å². The third-order valence-electron chi connectivity index (χ3n) is 9.25. The van der Waals surface area contributed by atoms with Gasteiger partial charge in [-0.3, -0.25) is 0 Å². The van der Waals surface area contributed by atoms with Gasteiger partial charge in [0.2, 0.25) is 0 Å². The molecule has 0 fully saturated rings. The molecule has 0 bridgehead atoms. The quantitative estimate of drug-likeness (QED) is 0.116. The minimum atomic E-state index is -2.90. The van der Waals surface area contributed by atoms with Crippen molar-refractivity contribution >= 4 is 28.8 Å². The van der Waals surface area contributed by atoms with Crippen LogP contribution >= 0.6 is 0 Å². The summed E-state index contributed by atoms with van der Waals surface area (Å²) in [5.41, 5.74) is 12.8. The van der Waals surface area contributed by atoms with Crippen molar-refractivity contribution in [1.82, 2.24) is 0 Å². The largest absolute Gasteiger partial charge is 4.00 e. The van der Waals surface area contributed by atoms with E-state index in [1.165, 1.54) is 59.7 Å². The molecule has 0 saturated heterocycles. The first-order valence-corrected chi connectivity index (χ1v) is 16.1. The zero-order chi connectivity index (χ0) is 29.7. The Bertz CT molecular complexity index is 1460. The van der Waals surface area contributed by atoms with Crippen molar-refractivity contribution in [2.75, 3.05) is 21.3 Å². The van der Waals surface area contributed by atoms with Crippen LogP contribution < -0.4 is 72.2 Å². The van der Waals surface area contributed by atoms with E-state index in [1.54, 1.807) is 21.3 Å². The number of aryl methyl sites for hydroxylation is 6. The van der Waals surface area contributed by atoms with Crippen LogP contribution in [-0.2, 0) is 21.7 Å². The molecule has 0 saturated carbocycles. The Morgan fingerprint density at radius 3 is 0.909 bits per heavy atom. The standard InChI is InChI=1S/C36H45O3Si.3ClH.Ti/c1-20-17-33(23(4)14-30(20)37-11)40(36-28(9)26(7)27(8)29(36)10,34-18-21(2)31(38-12)15-24(34)5)35-19-22(3)32(39-13)16-25(35)6;;;;/h14-19H,1-13H3;3*1H;/q-1;;;;+4/p-3. The molecule has 0 atom stereocenters. The molecule has 0 N–H and O–H groups in total. The summed E-state index contributed by atoms with van der Waals surface area (Å²) in [7, 11) is 2.39. The van der Waals surface area contributed by atoms with Crippen LogP contribution in [0.4, 0.5) is 0 Å². The van der Waals surface area contributed by atoms with Gasteiger partial charge in [0.05, 0.1) is 21.3 Å². The third kappa shape index (κ3) is 6.68. The predicted octanol–water partition coefficient (Wildman–Crippen LogP) is -3.10. The normalized spacial score (nSPS) is 10.6. The molecule has 44 heavy (non-hydrogen) atoms. The number of hydrogen-bond donors (Lipinski definition) is 0. The molecule has 0 aliphatic heterocycles. The van der Waals surface area contributed by atoms with Gasteiger partial charge in [0.15, 0.2) is 0 Å². The molecule has 0 amide bonds. The molecule has 0 spiro atoms. The van der Waals surface area contributed by atoms with E-state index in [9.17, 15) is 0 Å². The van der Waals surface area contributed by atoms with Gasteiger partial charge in [-0.1, -0.05) is 61.5 Å². The van der Waals surface area contributed by atoms with Crippen LogP contribution in [0.15, 0.2) is 36.4 Å². The molecule has 0 aliphatic rings. The average molecular weight is 708 g/mol. The first-order valence-electron chi connectivity index (χ1n) is 14.1. The molecule has 0 unspecified atom stereocenters. The minimum Gasteiger partial charge on any atom is -1.00 e. The van der Waals surface area contributed by atoms with Crippen LogP contribution in [0.3, 0.4) is 0 Å². The molecule has 4 aromatic rings. The van der Waals surface area contributed by atoms with E-state index >= 15 is 0 Å². The van der Waals surface area contributed by atoms with Gasteiger partial charge in [-0.25, -0.2) is 0 Å². The van der Waals surface area contributed by atoms with E-state index in [2.05, 4.69) is 106 Å². The van der Waals surface area contributed by atoms with Crippen molar-refractivity contribution in [3.8, 4) is 17.2 Å². The molecule has 4 aromatic carbocycles. The maximum absolute atomic E-state index is 5.81. The van der Waals surface area contributed by atoms with Crippen LogP contribution in [0.2, 0.25) is 0 Å². The monoisotopic (exact) mass is 706 g/mol. The van der Waals surface area contributed by atoms with Crippen molar-refractivity contribution in [3.05, 3.63) is 92.0 Å². The Balaban J connectivity index is 0.00000462. The number of halogens is 3. The van der Waals surface area contributed by atoms with Crippen LogP contribution in [-0.4, -0.2) is 29.4 Å². The number of methoxy groups -OCH3 is 3. The summed E-state index contributed by atoms with van der Waals surface area (Å²) in [5.74, 6) is 2.79. The Morgan fingerprint density at radius 1 is 0.432 bits per heavy atom. The zero-order valence-electron chi connectivity index (χ0n) is 28.3. The summed E-state index contributed by atoms with van der Waals surface area (Å²) in [5, 5.41) is 5.71. The van der Waals surface area contributed by atoms with Gasteiger partial charge in [-0.05, 0) is 93.1 Å². The maximum atomic E-state index is 5.81. The smallest absolute Gasteiger partial charge is 1.00 e. The minimum absolute atomic E-state index is 0. The van der Waals surface area contributed by atoms with Crippen LogP contribution in [0.5, 0.6) is 17.2 Å². The van der Waals surface area contributed by atoms with E-state index in [4.69, 9.17) is 14.2 Å². The molecule has 0 aromatic heterocycles. The second-order valence-corrected chi connectivity index (χ2v) is 15.2. The molecule has 3 nitrogen and oxygen atoms in total. The molecular weight excluding hydrogens is 663 g/mol.